The van der Waals surface area contributed by atoms with Gasteiger partial charge in [-0.25, -0.2) is 0 Å². The Balaban J connectivity index is 2.03. The molecule has 1 unspecified atom stereocenters. The fourth-order valence-electron chi connectivity index (χ4n) is 2.14. The highest BCUT2D eigenvalue weighted by Gasteiger charge is 2.10. The van der Waals surface area contributed by atoms with Gasteiger partial charge in [-0.15, -0.1) is 0 Å². The van der Waals surface area contributed by atoms with E-state index in [1.165, 1.54) is 24.8 Å². The number of anilines is 1. The van der Waals surface area contributed by atoms with E-state index in [9.17, 15) is 0 Å². The quantitative estimate of drug-likeness (QED) is 0.717. The third-order valence-corrected chi connectivity index (χ3v) is 3.14. The number of nitrogens with one attached hydrogen (secondary N) is 2. The number of H-pyrrole nitrogens is 1. The molecule has 0 bridgehead atoms. The molecule has 0 aliphatic carbocycles. The van der Waals surface area contributed by atoms with Crippen LogP contribution < -0.4 is 5.32 Å². The molecule has 2 aromatic rings. The molecule has 3 heteroatoms. The van der Waals surface area contributed by atoms with Gasteiger partial charge in [-0.3, -0.25) is 5.10 Å². The van der Waals surface area contributed by atoms with Crippen LogP contribution in [0.25, 0.3) is 0 Å². The van der Waals surface area contributed by atoms with E-state index >= 15 is 0 Å². The minimum Gasteiger partial charge on any atom is -0.376 e. The Hall–Kier alpha value is -1.77. The van der Waals surface area contributed by atoms with Gasteiger partial charge in [0.05, 0.1) is 17.9 Å². The number of benzene rings is 1. The van der Waals surface area contributed by atoms with E-state index in [0.717, 1.165) is 12.1 Å². The Bertz CT molecular complexity index is 422. The lowest BCUT2D eigenvalue weighted by atomic mass is 10.0. The highest BCUT2D eigenvalue weighted by Crippen LogP contribution is 2.24. The number of hydrogen-bond donors (Lipinski definition) is 2. The Morgan fingerprint density at radius 1 is 1.22 bits per heavy atom. The van der Waals surface area contributed by atoms with Crippen LogP contribution in [0, 0.1) is 0 Å². The Labute approximate surface area is 109 Å². The first-order chi connectivity index (χ1) is 8.90. The van der Waals surface area contributed by atoms with Crippen molar-refractivity contribution in [3.63, 3.8) is 0 Å². The molecular weight excluding hydrogens is 222 g/mol. The number of aromatic nitrogens is 2. The van der Waals surface area contributed by atoms with E-state index in [0.29, 0.717) is 6.04 Å². The third kappa shape index (κ3) is 3.62. The van der Waals surface area contributed by atoms with Crippen molar-refractivity contribution in [2.75, 3.05) is 5.32 Å². The topological polar surface area (TPSA) is 40.7 Å². The Morgan fingerprint density at radius 3 is 2.72 bits per heavy atom. The van der Waals surface area contributed by atoms with E-state index in [4.69, 9.17) is 0 Å². The summed E-state index contributed by atoms with van der Waals surface area (Å²) in [6.07, 6.45) is 8.68. The van der Waals surface area contributed by atoms with Crippen molar-refractivity contribution >= 4 is 5.69 Å². The zero-order valence-corrected chi connectivity index (χ0v) is 10.9. The van der Waals surface area contributed by atoms with Crippen molar-refractivity contribution in [2.24, 2.45) is 0 Å². The van der Waals surface area contributed by atoms with Crippen LogP contribution in [0.4, 0.5) is 5.69 Å². The molecular formula is C15H21N3. The maximum absolute atomic E-state index is 3.98. The van der Waals surface area contributed by atoms with E-state index in [2.05, 4.69) is 52.8 Å². The van der Waals surface area contributed by atoms with Crippen LogP contribution in [-0.2, 0) is 0 Å². The van der Waals surface area contributed by atoms with Gasteiger partial charge in [0, 0.05) is 6.20 Å². The lowest BCUT2D eigenvalue weighted by Gasteiger charge is -2.19. The van der Waals surface area contributed by atoms with Crippen LogP contribution in [0.2, 0.25) is 0 Å². The largest absolute Gasteiger partial charge is 0.376 e. The SMILES string of the molecule is CCCCCC(Nc1cn[nH]c1)c1ccccc1. The van der Waals surface area contributed by atoms with Crippen LogP contribution in [0.15, 0.2) is 42.7 Å². The highest BCUT2D eigenvalue weighted by molar-refractivity contribution is 5.41. The summed E-state index contributed by atoms with van der Waals surface area (Å²) in [5.41, 5.74) is 2.40. The van der Waals surface area contributed by atoms with Gasteiger partial charge in [-0.1, -0.05) is 56.5 Å². The summed E-state index contributed by atoms with van der Waals surface area (Å²) in [6.45, 7) is 2.24. The molecule has 96 valence electrons. The first-order valence-corrected chi connectivity index (χ1v) is 6.70. The van der Waals surface area contributed by atoms with Gasteiger partial charge in [0.25, 0.3) is 0 Å². The molecule has 1 aromatic carbocycles. The molecule has 3 nitrogen and oxygen atoms in total. The summed E-state index contributed by atoms with van der Waals surface area (Å²) in [4.78, 5) is 0. The summed E-state index contributed by atoms with van der Waals surface area (Å²) < 4.78 is 0. The molecule has 1 heterocycles. The molecule has 2 rings (SSSR count). The zero-order chi connectivity index (χ0) is 12.6. The summed E-state index contributed by atoms with van der Waals surface area (Å²) >= 11 is 0. The van der Waals surface area contributed by atoms with Crippen molar-refractivity contribution in [1.29, 1.82) is 0 Å². The number of rotatable bonds is 7. The molecule has 1 aromatic heterocycles. The number of nitrogens with zero attached hydrogens (tertiary/aromatic N) is 1. The van der Waals surface area contributed by atoms with Gasteiger partial charge in [-0.2, -0.15) is 5.10 Å². The standard InChI is InChI=1S/C15H21N3/c1-2-3-5-10-15(13-8-6-4-7-9-13)18-14-11-16-17-12-14/h4,6-9,11-12,15,18H,2-3,5,10H2,1H3,(H,16,17). The Morgan fingerprint density at radius 2 is 2.06 bits per heavy atom. The maximum Gasteiger partial charge on any atom is 0.0728 e. The molecule has 0 saturated carbocycles. The van der Waals surface area contributed by atoms with Gasteiger partial charge in [0.15, 0.2) is 0 Å². The third-order valence-electron chi connectivity index (χ3n) is 3.14. The van der Waals surface area contributed by atoms with Gasteiger partial charge < -0.3 is 5.32 Å². The van der Waals surface area contributed by atoms with Crippen molar-refractivity contribution in [1.82, 2.24) is 10.2 Å². The van der Waals surface area contributed by atoms with E-state index in [1.807, 2.05) is 12.4 Å². The number of unbranched alkanes of at least 4 members (excludes halogenated alkanes) is 2. The van der Waals surface area contributed by atoms with Crippen molar-refractivity contribution < 1.29 is 0 Å². The molecule has 1 atom stereocenters. The molecule has 0 spiro atoms. The molecule has 18 heavy (non-hydrogen) atoms. The van der Waals surface area contributed by atoms with E-state index < -0.39 is 0 Å². The predicted octanol–water partition coefficient (Wildman–Crippen LogP) is 4.14. The molecule has 0 fully saturated rings. The zero-order valence-electron chi connectivity index (χ0n) is 10.9. The molecule has 0 amide bonds. The van der Waals surface area contributed by atoms with E-state index in [-0.39, 0.29) is 0 Å². The first-order valence-electron chi connectivity index (χ1n) is 6.70. The lowest BCUT2D eigenvalue weighted by molar-refractivity contribution is 0.606. The van der Waals surface area contributed by atoms with Crippen LogP contribution in [0.1, 0.15) is 44.2 Å². The molecule has 0 saturated heterocycles. The smallest absolute Gasteiger partial charge is 0.0728 e. The van der Waals surface area contributed by atoms with Crippen LogP contribution >= 0.6 is 0 Å². The summed E-state index contributed by atoms with van der Waals surface area (Å²) in [5.74, 6) is 0. The first kappa shape index (κ1) is 12.7. The summed E-state index contributed by atoms with van der Waals surface area (Å²) in [5, 5.41) is 10.4. The van der Waals surface area contributed by atoms with Crippen LogP contribution in [-0.4, -0.2) is 10.2 Å². The minimum absolute atomic E-state index is 0.371. The second-order valence-electron chi connectivity index (χ2n) is 4.59. The van der Waals surface area contributed by atoms with Crippen molar-refractivity contribution in [3.05, 3.63) is 48.3 Å². The van der Waals surface area contributed by atoms with Gasteiger partial charge >= 0.3 is 0 Å². The summed E-state index contributed by atoms with van der Waals surface area (Å²) in [6, 6.07) is 11.0. The fraction of sp³-hybridized carbons (Fsp3) is 0.400. The molecule has 2 N–H and O–H groups in total. The summed E-state index contributed by atoms with van der Waals surface area (Å²) in [7, 11) is 0. The monoisotopic (exact) mass is 243 g/mol. The van der Waals surface area contributed by atoms with Crippen LogP contribution in [0.5, 0.6) is 0 Å². The normalized spacial score (nSPS) is 12.3. The molecule has 0 radical (unpaired) electrons. The second kappa shape index (κ2) is 6.84. The number of aromatic amines is 1. The number of hydrogen-bond acceptors (Lipinski definition) is 2. The average Bonchev–Trinajstić information content (AvgIpc) is 2.92. The fourth-order valence-corrected chi connectivity index (χ4v) is 2.14. The Kier molecular flexibility index (Phi) is 4.82. The van der Waals surface area contributed by atoms with Crippen molar-refractivity contribution in [3.8, 4) is 0 Å². The minimum atomic E-state index is 0.371. The average molecular weight is 243 g/mol. The van der Waals surface area contributed by atoms with Crippen LogP contribution in [0.3, 0.4) is 0 Å². The molecule has 0 aliphatic rings. The van der Waals surface area contributed by atoms with E-state index in [1.54, 1.807) is 0 Å². The second-order valence-corrected chi connectivity index (χ2v) is 4.59. The van der Waals surface area contributed by atoms with Gasteiger partial charge in [0.1, 0.15) is 0 Å². The predicted molar refractivity (Wildman–Crippen MR) is 75.5 cm³/mol. The lowest BCUT2D eigenvalue weighted by Crippen LogP contribution is -2.10. The maximum atomic E-state index is 3.98. The highest BCUT2D eigenvalue weighted by atomic mass is 15.1. The van der Waals surface area contributed by atoms with Gasteiger partial charge in [-0.05, 0) is 12.0 Å². The molecule has 0 aliphatic heterocycles. The van der Waals surface area contributed by atoms with Crippen molar-refractivity contribution in [2.45, 2.75) is 38.6 Å². The van der Waals surface area contributed by atoms with Gasteiger partial charge in [0.2, 0.25) is 0 Å².